The van der Waals surface area contributed by atoms with Crippen molar-refractivity contribution in [2.45, 2.75) is 6.54 Å². The van der Waals surface area contributed by atoms with E-state index in [9.17, 15) is 9.59 Å². The van der Waals surface area contributed by atoms with Gasteiger partial charge in [0.05, 0.1) is 25.3 Å². The Bertz CT molecular complexity index is 776. The number of ether oxygens (including phenoxy) is 2. The largest absolute Gasteiger partial charge is 0.493 e. The molecule has 1 amide bonds. The topological polar surface area (TPSA) is 84.9 Å². The van der Waals surface area contributed by atoms with Crippen molar-refractivity contribution in [1.82, 2.24) is 5.32 Å². The summed E-state index contributed by atoms with van der Waals surface area (Å²) in [5.41, 5.74) is 0.644. The van der Waals surface area contributed by atoms with Crippen LogP contribution in [0.4, 0.5) is 0 Å². The maximum atomic E-state index is 12.3. The van der Waals surface area contributed by atoms with Crippen LogP contribution in [0.15, 0.2) is 36.4 Å². The Morgan fingerprint density at radius 2 is 1.67 bits per heavy atom. The average molecular weight is 350 g/mol. The molecule has 6 nitrogen and oxygen atoms in total. The van der Waals surface area contributed by atoms with E-state index < -0.39 is 11.9 Å². The van der Waals surface area contributed by atoms with E-state index in [4.69, 9.17) is 26.2 Å². The molecule has 2 N–H and O–H groups in total. The van der Waals surface area contributed by atoms with E-state index in [1.165, 1.54) is 26.4 Å². The SMILES string of the molecule is COc1cc(Cl)c(CNC(=O)c2ccccc2C(=O)O)cc1OC. The van der Waals surface area contributed by atoms with Gasteiger partial charge in [-0.15, -0.1) is 0 Å². The first-order valence-electron chi connectivity index (χ1n) is 6.98. The van der Waals surface area contributed by atoms with Crippen molar-refractivity contribution in [1.29, 1.82) is 0 Å². The van der Waals surface area contributed by atoms with Gasteiger partial charge in [-0.1, -0.05) is 23.7 Å². The van der Waals surface area contributed by atoms with E-state index >= 15 is 0 Å². The van der Waals surface area contributed by atoms with E-state index in [-0.39, 0.29) is 17.7 Å². The lowest BCUT2D eigenvalue weighted by molar-refractivity contribution is 0.0691. The number of aromatic carboxylic acids is 1. The van der Waals surface area contributed by atoms with Gasteiger partial charge >= 0.3 is 5.97 Å². The maximum absolute atomic E-state index is 12.3. The number of halogens is 1. The number of nitrogens with one attached hydrogen (secondary N) is 1. The fourth-order valence-corrected chi connectivity index (χ4v) is 2.39. The molecular formula is C17H16ClNO5. The number of benzene rings is 2. The van der Waals surface area contributed by atoms with E-state index in [2.05, 4.69) is 5.32 Å². The van der Waals surface area contributed by atoms with Crippen molar-refractivity contribution in [3.8, 4) is 11.5 Å². The molecule has 2 aromatic rings. The van der Waals surface area contributed by atoms with Gasteiger partial charge < -0.3 is 19.9 Å². The predicted octanol–water partition coefficient (Wildman–Crippen LogP) is 2.99. The number of hydrogen-bond donors (Lipinski definition) is 2. The van der Waals surface area contributed by atoms with Crippen LogP contribution in [0.25, 0.3) is 0 Å². The first-order valence-corrected chi connectivity index (χ1v) is 7.36. The molecule has 126 valence electrons. The maximum Gasteiger partial charge on any atom is 0.336 e. The first-order chi connectivity index (χ1) is 11.5. The Balaban J connectivity index is 2.20. The van der Waals surface area contributed by atoms with Crippen molar-refractivity contribution in [3.63, 3.8) is 0 Å². The average Bonchev–Trinajstić information content (AvgIpc) is 2.59. The zero-order valence-corrected chi connectivity index (χ0v) is 13.9. The molecule has 2 aromatic carbocycles. The molecule has 0 heterocycles. The normalized spacial score (nSPS) is 10.1. The van der Waals surface area contributed by atoms with Crippen LogP contribution in [0.3, 0.4) is 0 Å². The Morgan fingerprint density at radius 1 is 1.08 bits per heavy atom. The van der Waals surface area contributed by atoms with Crippen molar-refractivity contribution < 1.29 is 24.2 Å². The number of methoxy groups -OCH3 is 2. The summed E-state index contributed by atoms with van der Waals surface area (Å²) < 4.78 is 10.3. The second-order valence-electron chi connectivity index (χ2n) is 4.83. The van der Waals surface area contributed by atoms with Crippen molar-refractivity contribution in [2.75, 3.05) is 14.2 Å². The van der Waals surface area contributed by atoms with Gasteiger partial charge in [-0.2, -0.15) is 0 Å². The number of carboxylic acid groups (broad SMARTS) is 1. The molecule has 0 spiro atoms. The summed E-state index contributed by atoms with van der Waals surface area (Å²) in [7, 11) is 3.00. The standard InChI is InChI=1S/C17H16ClNO5/c1-23-14-7-10(13(18)8-15(14)24-2)9-19-16(20)11-5-3-4-6-12(11)17(21)22/h3-8H,9H2,1-2H3,(H,19,20)(H,21,22). The van der Waals surface area contributed by atoms with Crippen LogP contribution in [0.1, 0.15) is 26.3 Å². The summed E-state index contributed by atoms with van der Waals surface area (Å²) in [4.78, 5) is 23.4. The highest BCUT2D eigenvalue weighted by molar-refractivity contribution is 6.31. The molecule has 0 saturated carbocycles. The first kappa shape index (κ1) is 17.6. The third-order valence-electron chi connectivity index (χ3n) is 3.39. The molecule has 0 radical (unpaired) electrons. The molecule has 24 heavy (non-hydrogen) atoms. The monoisotopic (exact) mass is 349 g/mol. The zero-order chi connectivity index (χ0) is 17.7. The van der Waals surface area contributed by atoms with Gasteiger partial charge in [0, 0.05) is 17.6 Å². The molecule has 7 heteroatoms. The van der Waals surface area contributed by atoms with Gasteiger partial charge in [0.15, 0.2) is 11.5 Å². The number of carboxylic acids is 1. The van der Waals surface area contributed by atoms with E-state index in [0.29, 0.717) is 22.1 Å². The zero-order valence-electron chi connectivity index (χ0n) is 13.1. The quantitative estimate of drug-likeness (QED) is 0.837. The molecule has 0 atom stereocenters. The molecular weight excluding hydrogens is 334 g/mol. The summed E-state index contributed by atoms with van der Waals surface area (Å²) in [6.07, 6.45) is 0. The molecule has 0 aromatic heterocycles. The van der Waals surface area contributed by atoms with Gasteiger partial charge in [-0.05, 0) is 23.8 Å². The fourth-order valence-electron chi connectivity index (χ4n) is 2.17. The lowest BCUT2D eigenvalue weighted by Gasteiger charge is -2.13. The second-order valence-corrected chi connectivity index (χ2v) is 5.24. The number of rotatable bonds is 6. The molecule has 0 bridgehead atoms. The number of amides is 1. The summed E-state index contributed by atoms with van der Waals surface area (Å²) in [6.45, 7) is 0.117. The Morgan fingerprint density at radius 3 is 2.25 bits per heavy atom. The highest BCUT2D eigenvalue weighted by Gasteiger charge is 2.16. The van der Waals surface area contributed by atoms with Crippen LogP contribution in [0, 0.1) is 0 Å². The smallest absolute Gasteiger partial charge is 0.336 e. The van der Waals surface area contributed by atoms with Crippen LogP contribution in [0.2, 0.25) is 5.02 Å². The van der Waals surface area contributed by atoms with Gasteiger partial charge in [-0.25, -0.2) is 4.79 Å². The second kappa shape index (κ2) is 7.70. The minimum Gasteiger partial charge on any atom is -0.493 e. The number of hydrogen-bond acceptors (Lipinski definition) is 4. The van der Waals surface area contributed by atoms with Crippen molar-refractivity contribution in [3.05, 3.63) is 58.1 Å². The van der Waals surface area contributed by atoms with Crippen LogP contribution in [0.5, 0.6) is 11.5 Å². The van der Waals surface area contributed by atoms with E-state index in [1.54, 1.807) is 24.3 Å². The van der Waals surface area contributed by atoms with Crippen LogP contribution in [-0.4, -0.2) is 31.2 Å². The van der Waals surface area contributed by atoms with Crippen LogP contribution in [-0.2, 0) is 6.54 Å². The van der Waals surface area contributed by atoms with Gasteiger partial charge in [0.25, 0.3) is 5.91 Å². The van der Waals surface area contributed by atoms with Gasteiger partial charge in [0.1, 0.15) is 0 Å². The molecule has 0 unspecified atom stereocenters. The predicted molar refractivity (Wildman–Crippen MR) is 89.1 cm³/mol. The number of carbonyl (C=O) groups is 2. The Hall–Kier alpha value is -2.73. The van der Waals surface area contributed by atoms with Crippen LogP contribution >= 0.6 is 11.6 Å². The van der Waals surface area contributed by atoms with Crippen molar-refractivity contribution in [2.24, 2.45) is 0 Å². The third-order valence-corrected chi connectivity index (χ3v) is 3.75. The lowest BCUT2D eigenvalue weighted by atomic mass is 10.1. The molecule has 0 fully saturated rings. The van der Waals surface area contributed by atoms with E-state index in [1.807, 2.05) is 0 Å². The Labute approximate surface area is 144 Å². The van der Waals surface area contributed by atoms with E-state index in [0.717, 1.165) is 0 Å². The number of carbonyl (C=O) groups excluding carboxylic acids is 1. The molecule has 0 aliphatic carbocycles. The van der Waals surface area contributed by atoms with Gasteiger partial charge in [0.2, 0.25) is 0 Å². The lowest BCUT2D eigenvalue weighted by Crippen LogP contribution is -2.25. The summed E-state index contributed by atoms with van der Waals surface area (Å²) >= 11 is 6.17. The molecule has 0 aliphatic rings. The molecule has 0 saturated heterocycles. The van der Waals surface area contributed by atoms with Gasteiger partial charge in [-0.3, -0.25) is 4.79 Å². The third kappa shape index (κ3) is 3.78. The Kier molecular flexibility index (Phi) is 5.65. The van der Waals surface area contributed by atoms with Crippen LogP contribution < -0.4 is 14.8 Å². The minimum atomic E-state index is -1.16. The minimum absolute atomic E-state index is 0.0617. The highest BCUT2D eigenvalue weighted by Crippen LogP contribution is 2.33. The molecule has 2 rings (SSSR count). The summed E-state index contributed by atoms with van der Waals surface area (Å²) in [5, 5.41) is 12.2. The highest BCUT2D eigenvalue weighted by atomic mass is 35.5. The summed E-state index contributed by atoms with van der Waals surface area (Å²) in [5.74, 6) is -0.699. The molecule has 0 aliphatic heterocycles. The van der Waals surface area contributed by atoms with Crippen molar-refractivity contribution >= 4 is 23.5 Å². The fraction of sp³-hybridized carbons (Fsp3) is 0.176. The summed E-state index contributed by atoms with van der Waals surface area (Å²) in [6, 6.07) is 9.24.